The van der Waals surface area contributed by atoms with Gasteiger partial charge in [0.1, 0.15) is 0 Å². The second-order valence-electron chi connectivity index (χ2n) is 7.09. The lowest BCUT2D eigenvalue weighted by Gasteiger charge is -2.47. The van der Waals surface area contributed by atoms with E-state index >= 15 is 0 Å². The summed E-state index contributed by atoms with van der Waals surface area (Å²) in [6, 6.07) is 0. The van der Waals surface area contributed by atoms with Crippen molar-refractivity contribution in [1.82, 2.24) is 4.90 Å². The molecule has 0 bridgehead atoms. The van der Waals surface area contributed by atoms with Crippen molar-refractivity contribution in [3.63, 3.8) is 0 Å². The van der Waals surface area contributed by atoms with Gasteiger partial charge in [0, 0.05) is 46.6 Å². The lowest BCUT2D eigenvalue weighted by molar-refractivity contribution is -0.346. The zero-order valence-electron chi connectivity index (χ0n) is 17.1. The molecular weight excluding hydrogens is 422 g/mol. The number of esters is 3. The van der Waals surface area contributed by atoms with Gasteiger partial charge in [0.15, 0.2) is 24.4 Å². The average molecular weight is 445 g/mol. The minimum atomic E-state index is -2.60. The number of amides is 2. The number of nitrogens with zero attached hydrogens (tertiary/aromatic N) is 1. The molecule has 0 unspecified atom stereocenters. The second-order valence-corrected chi connectivity index (χ2v) is 7.09. The van der Waals surface area contributed by atoms with Crippen LogP contribution in [0.4, 0.5) is 0 Å². The van der Waals surface area contributed by atoms with E-state index in [2.05, 4.69) is 0 Å². The summed E-state index contributed by atoms with van der Waals surface area (Å²) in [6.07, 6.45) is -7.98. The number of hydrogen-bond donors (Lipinski definition) is 2. The molecule has 2 amide bonds. The van der Waals surface area contributed by atoms with Crippen LogP contribution in [0.5, 0.6) is 0 Å². The Kier molecular flexibility index (Phi) is 7.33. The summed E-state index contributed by atoms with van der Waals surface area (Å²) in [5, 5.41) is 20.7. The Morgan fingerprint density at radius 3 is 1.90 bits per heavy atom. The molecule has 0 aromatic heterocycles. The van der Waals surface area contributed by atoms with Crippen molar-refractivity contribution in [1.29, 1.82) is 0 Å². The number of carbonyl (C=O) groups is 6. The topological polar surface area (TPSA) is 183 Å². The standard InChI is InChI=1S/C18H23NO12/c1-8(20)28-13-14(29-9(2)21)16(30-10(3)22)18(27,31-15(13)17(25)26)6-7-19-11(23)4-5-12(19)24/h13-16,27H,4-7H2,1-3H3,(H,25,26)/t13-,14-,15-,16+,18+/m0/s1. The Morgan fingerprint density at radius 1 is 0.968 bits per heavy atom. The number of carboxylic acids is 1. The number of hydrogen-bond acceptors (Lipinski definition) is 11. The van der Waals surface area contributed by atoms with Gasteiger partial charge in [-0.3, -0.25) is 28.9 Å². The molecule has 5 atom stereocenters. The van der Waals surface area contributed by atoms with Crippen LogP contribution in [-0.2, 0) is 47.7 Å². The van der Waals surface area contributed by atoms with Crippen molar-refractivity contribution < 1.29 is 57.9 Å². The van der Waals surface area contributed by atoms with E-state index in [0.717, 1.165) is 25.7 Å². The van der Waals surface area contributed by atoms with Crippen molar-refractivity contribution in [2.45, 2.75) is 70.2 Å². The molecule has 2 saturated heterocycles. The van der Waals surface area contributed by atoms with Crippen molar-refractivity contribution in [2.24, 2.45) is 0 Å². The quantitative estimate of drug-likeness (QED) is 0.263. The first kappa shape index (κ1) is 24.2. The lowest BCUT2D eigenvalue weighted by atomic mass is 9.89. The van der Waals surface area contributed by atoms with Gasteiger partial charge in [-0.2, -0.15) is 0 Å². The summed E-state index contributed by atoms with van der Waals surface area (Å²) in [4.78, 5) is 71.1. The number of imide groups is 1. The molecule has 0 aromatic rings. The van der Waals surface area contributed by atoms with E-state index in [0.29, 0.717) is 0 Å². The van der Waals surface area contributed by atoms with Crippen molar-refractivity contribution in [3.8, 4) is 0 Å². The third-order valence-corrected chi connectivity index (χ3v) is 4.69. The molecule has 2 N–H and O–H groups in total. The number of carbonyl (C=O) groups excluding carboxylic acids is 5. The fourth-order valence-electron chi connectivity index (χ4n) is 3.47. The summed E-state index contributed by atoms with van der Waals surface area (Å²) in [7, 11) is 0. The Bertz CT molecular complexity index is 778. The average Bonchev–Trinajstić information content (AvgIpc) is 2.95. The molecule has 172 valence electrons. The first-order chi connectivity index (χ1) is 14.4. The molecule has 0 aromatic carbocycles. The second kappa shape index (κ2) is 9.39. The van der Waals surface area contributed by atoms with Gasteiger partial charge in [-0.05, 0) is 0 Å². The van der Waals surface area contributed by atoms with Crippen molar-refractivity contribution >= 4 is 35.7 Å². The maximum atomic E-state index is 11.9. The van der Waals surface area contributed by atoms with Crippen molar-refractivity contribution in [2.75, 3.05) is 6.54 Å². The number of aliphatic carboxylic acids is 1. The minimum absolute atomic E-state index is 0.0200. The Hall–Kier alpha value is -3.06. The Labute approximate surface area is 176 Å². The van der Waals surface area contributed by atoms with Gasteiger partial charge in [0.05, 0.1) is 0 Å². The molecule has 2 rings (SSSR count). The van der Waals surface area contributed by atoms with Crippen LogP contribution in [0.3, 0.4) is 0 Å². The lowest BCUT2D eigenvalue weighted by Crippen LogP contribution is -2.69. The zero-order chi connectivity index (χ0) is 23.5. The van der Waals surface area contributed by atoms with Crippen LogP contribution in [0.1, 0.15) is 40.0 Å². The molecule has 2 aliphatic heterocycles. The monoisotopic (exact) mass is 445 g/mol. The molecule has 13 heteroatoms. The molecule has 0 aliphatic carbocycles. The third-order valence-electron chi connectivity index (χ3n) is 4.69. The SMILES string of the molecule is CC(=O)O[C@H]1[C@H](OC(C)=O)[C@@H](OC(C)=O)[C@@](O)(CCN2C(=O)CCC2=O)O[C@@H]1C(=O)O. The van der Waals surface area contributed by atoms with Crippen molar-refractivity contribution in [3.05, 3.63) is 0 Å². The van der Waals surface area contributed by atoms with Gasteiger partial charge in [0.25, 0.3) is 0 Å². The predicted molar refractivity (Wildman–Crippen MR) is 94.7 cm³/mol. The van der Waals surface area contributed by atoms with Gasteiger partial charge in [-0.1, -0.05) is 0 Å². The summed E-state index contributed by atoms with van der Waals surface area (Å²) in [6.45, 7) is 2.53. The number of aliphatic hydroxyl groups is 1. The van der Waals surface area contributed by atoms with E-state index in [1.54, 1.807) is 0 Å². The highest BCUT2D eigenvalue weighted by Crippen LogP contribution is 2.37. The number of carboxylic acid groups (broad SMARTS) is 1. The predicted octanol–water partition coefficient (Wildman–Crippen LogP) is -1.51. The van der Waals surface area contributed by atoms with Crippen LogP contribution in [0, 0.1) is 0 Å². The van der Waals surface area contributed by atoms with Crippen LogP contribution in [0.25, 0.3) is 0 Å². The number of likely N-dealkylation sites (tertiary alicyclic amines) is 1. The minimum Gasteiger partial charge on any atom is -0.479 e. The molecule has 13 nitrogen and oxygen atoms in total. The van der Waals surface area contributed by atoms with E-state index in [9.17, 15) is 39.0 Å². The molecular formula is C18H23NO12. The third kappa shape index (κ3) is 5.55. The highest BCUT2D eigenvalue weighted by molar-refractivity contribution is 6.01. The summed E-state index contributed by atoms with van der Waals surface area (Å²) in [5.74, 6) is -8.12. The van der Waals surface area contributed by atoms with Crippen LogP contribution < -0.4 is 0 Å². The highest BCUT2D eigenvalue weighted by atomic mass is 16.7. The number of rotatable bonds is 7. The molecule has 0 spiro atoms. The summed E-state index contributed by atoms with van der Waals surface area (Å²) < 4.78 is 20.3. The molecule has 2 heterocycles. The Morgan fingerprint density at radius 2 is 1.45 bits per heavy atom. The molecule has 2 fully saturated rings. The van der Waals surface area contributed by atoms with Gasteiger partial charge in [0.2, 0.25) is 17.6 Å². The summed E-state index contributed by atoms with van der Waals surface area (Å²) in [5.41, 5.74) is 0. The number of ether oxygens (including phenoxy) is 4. The zero-order valence-corrected chi connectivity index (χ0v) is 17.1. The van der Waals surface area contributed by atoms with E-state index < -0.39 is 72.3 Å². The van der Waals surface area contributed by atoms with E-state index in [-0.39, 0.29) is 19.4 Å². The fraction of sp³-hybridized carbons (Fsp3) is 0.667. The normalized spacial score (nSPS) is 30.6. The van der Waals surface area contributed by atoms with E-state index in [1.165, 1.54) is 0 Å². The Balaban J connectivity index is 2.45. The highest BCUT2D eigenvalue weighted by Gasteiger charge is 2.61. The van der Waals surface area contributed by atoms with Crippen LogP contribution in [0.15, 0.2) is 0 Å². The molecule has 31 heavy (non-hydrogen) atoms. The molecule has 2 aliphatic rings. The van der Waals surface area contributed by atoms with Crippen LogP contribution >= 0.6 is 0 Å². The largest absolute Gasteiger partial charge is 0.479 e. The fourth-order valence-corrected chi connectivity index (χ4v) is 3.47. The van der Waals surface area contributed by atoms with Crippen LogP contribution in [-0.4, -0.2) is 87.6 Å². The van der Waals surface area contributed by atoms with Gasteiger partial charge < -0.3 is 29.2 Å². The van der Waals surface area contributed by atoms with Gasteiger partial charge >= 0.3 is 23.9 Å². The van der Waals surface area contributed by atoms with Gasteiger partial charge in [-0.25, -0.2) is 4.79 Å². The molecule has 0 radical (unpaired) electrons. The molecule has 0 saturated carbocycles. The van der Waals surface area contributed by atoms with E-state index in [1.807, 2.05) is 0 Å². The smallest absolute Gasteiger partial charge is 0.337 e. The maximum absolute atomic E-state index is 11.9. The van der Waals surface area contributed by atoms with Crippen LogP contribution in [0.2, 0.25) is 0 Å². The van der Waals surface area contributed by atoms with E-state index in [4.69, 9.17) is 18.9 Å². The maximum Gasteiger partial charge on any atom is 0.337 e. The first-order valence-electron chi connectivity index (χ1n) is 9.33. The summed E-state index contributed by atoms with van der Waals surface area (Å²) >= 11 is 0. The first-order valence-corrected chi connectivity index (χ1v) is 9.33. The van der Waals surface area contributed by atoms with Gasteiger partial charge in [-0.15, -0.1) is 0 Å².